The van der Waals surface area contributed by atoms with E-state index in [0.29, 0.717) is 22.5 Å². The van der Waals surface area contributed by atoms with Crippen molar-refractivity contribution in [3.05, 3.63) is 21.5 Å². The van der Waals surface area contributed by atoms with E-state index in [-0.39, 0.29) is 0 Å². The predicted molar refractivity (Wildman–Crippen MR) is 69.0 cm³/mol. The first-order valence-electron chi connectivity index (χ1n) is 4.91. The highest BCUT2D eigenvalue weighted by atomic mass is 35.5. The summed E-state index contributed by atoms with van der Waals surface area (Å²) in [6, 6.07) is 0. The van der Waals surface area contributed by atoms with Crippen molar-refractivity contribution in [1.29, 1.82) is 0 Å². The molecule has 1 saturated heterocycles. The third kappa shape index (κ3) is 2.43. The van der Waals surface area contributed by atoms with Crippen molar-refractivity contribution in [2.45, 2.75) is 17.4 Å². The van der Waals surface area contributed by atoms with E-state index in [1.165, 1.54) is 4.31 Å². The molecule has 0 aromatic heterocycles. The van der Waals surface area contributed by atoms with Gasteiger partial charge < -0.3 is 0 Å². The lowest BCUT2D eigenvalue weighted by Crippen LogP contribution is -2.34. The van der Waals surface area contributed by atoms with Gasteiger partial charge in [-0.15, -0.1) is 0 Å². The van der Waals surface area contributed by atoms with Crippen LogP contribution in [0.5, 0.6) is 0 Å². The summed E-state index contributed by atoms with van der Waals surface area (Å²) in [5.41, 5.74) is 0. The standard InChI is InChI=1S/C9H11Cl2NO2S2/c10-7-3-4-8(15-9(7)11)16(13,14)12-5-1-2-6-12/h3-4,8H,1-2,5-6H2. The fourth-order valence-corrected chi connectivity index (χ4v) is 5.41. The van der Waals surface area contributed by atoms with Crippen LogP contribution in [0.2, 0.25) is 0 Å². The third-order valence-corrected chi connectivity index (χ3v) is 7.18. The van der Waals surface area contributed by atoms with Gasteiger partial charge in [-0.2, -0.15) is 0 Å². The Morgan fingerprint density at radius 3 is 2.50 bits per heavy atom. The molecule has 2 aliphatic rings. The molecule has 2 aliphatic heterocycles. The summed E-state index contributed by atoms with van der Waals surface area (Å²) >= 11 is 12.7. The molecule has 0 aromatic rings. The summed E-state index contributed by atoms with van der Waals surface area (Å²) < 4.78 is 25.6. The molecule has 2 heterocycles. The Balaban J connectivity index is 2.18. The van der Waals surface area contributed by atoms with Crippen LogP contribution in [0.1, 0.15) is 12.8 Å². The quantitative estimate of drug-likeness (QED) is 0.787. The van der Waals surface area contributed by atoms with Crippen LogP contribution >= 0.6 is 35.0 Å². The fourth-order valence-electron chi connectivity index (χ4n) is 1.68. The maximum atomic E-state index is 12.2. The first kappa shape index (κ1) is 12.8. The molecule has 90 valence electrons. The lowest BCUT2D eigenvalue weighted by Gasteiger charge is -2.22. The Kier molecular flexibility index (Phi) is 3.91. The van der Waals surface area contributed by atoms with Crippen molar-refractivity contribution in [3.63, 3.8) is 0 Å². The summed E-state index contributed by atoms with van der Waals surface area (Å²) in [6.45, 7) is 1.23. The average molecular weight is 300 g/mol. The first-order chi connectivity index (χ1) is 7.51. The van der Waals surface area contributed by atoms with E-state index in [4.69, 9.17) is 23.2 Å². The normalized spacial score (nSPS) is 27.8. The Morgan fingerprint density at radius 1 is 1.31 bits per heavy atom. The van der Waals surface area contributed by atoms with Gasteiger partial charge in [-0.05, 0) is 18.9 Å². The summed E-state index contributed by atoms with van der Waals surface area (Å²) in [7, 11) is -3.29. The number of sulfonamides is 1. The Hall–Kier alpha value is 0.320. The number of hydrogen-bond acceptors (Lipinski definition) is 3. The summed E-state index contributed by atoms with van der Waals surface area (Å²) in [6.07, 6.45) is 5.01. The van der Waals surface area contributed by atoms with Crippen molar-refractivity contribution >= 4 is 45.0 Å². The molecule has 0 spiro atoms. The van der Waals surface area contributed by atoms with E-state index in [1.54, 1.807) is 12.2 Å². The molecule has 0 aliphatic carbocycles. The number of halogens is 2. The zero-order valence-corrected chi connectivity index (χ0v) is 11.5. The van der Waals surface area contributed by atoms with Crippen LogP contribution < -0.4 is 0 Å². The van der Waals surface area contributed by atoms with Gasteiger partial charge in [0.1, 0.15) is 4.58 Å². The molecule has 16 heavy (non-hydrogen) atoms. The van der Waals surface area contributed by atoms with Crippen molar-refractivity contribution in [2.75, 3.05) is 13.1 Å². The van der Waals surface area contributed by atoms with Gasteiger partial charge in [-0.3, -0.25) is 0 Å². The van der Waals surface area contributed by atoms with E-state index in [0.717, 1.165) is 24.6 Å². The van der Waals surface area contributed by atoms with E-state index in [2.05, 4.69) is 0 Å². The minimum absolute atomic E-state index is 0.344. The monoisotopic (exact) mass is 299 g/mol. The van der Waals surface area contributed by atoms with Gasteiger partial charge in [0.25, 0.3) is 0 Å². The Bertz CT molecular complexity index is 438. The van der Waals surface area contributed by atoms with Crippen LogP contribution in [0.15, 0.2) is 21.5 Å². The number of nitrogens with zero attached hydrogens (tertiary/aromatic N) is 1. The lowest BCUT2D eigenvalue weighted by molar-refractivity contribution is 0.478. The highest BCUT2D eigenvalue weighted by Gasteiger charge is 2.34. The van der Waals surface area contributed by atoms with Crippen LogP contribution in [0.3, 0.4) is 0 Å². The minimum Gasteiger partial charge on any atom is -0.211 e. The van der Waals surface area contributed by atoms with Gasteiger partial charge in [-0.25, -0.2) is 12.7 Å². The van der Waals surface area contributed by atoms with Crippen molar-refractivity contribution < 1.29 is 8.42 Å². The maximum Gasteiger partial charge on any atom is 0.230 e. The van der Waals surface area contributed by atoms with Crippen LogP contribution in [-0.4, -0.2) is 30.4 Å². The lowest BCUT2D eigenvalue weighted by atomic mass is 10.4. The molecule has 2 rings (SSSR count). The second-order valence-electron chi connectivity index (χ2n) is 3.62. The van der Waals surface area contributed by atoms with E-state index in [1.807, 2.05) is 0 Å². The molecular weight excluding hydrogens is 289 g/mol. The average Bonchev–Trinajstić information content (AvgIpc) is 2.75. The number of hydrogen-bond donors (Lipinski definition) is 0. The van der Waals surface area contributed by atoms with E-state index in [9.17, 15) is 8.42 Å². The molecule has 3 nitrogen and oxygen atoms in total. The number of thioether (sulfide) groups is 1. The summed E-state index contributed by atoms with van der Waals surface area (Å²) in [5, 5.41) is 0.402. The van der Waals surface area contributed by atoms with Crippen molar-refractivity contribution in [3.8, 4) is 0 Å². The van der Waals surface area contributed by atoms with Crippen LogP contribution in [-0.2, 0) is 10.0 Å². The number of allylic oxidation sites excluding steroid dienone is 2. The Labute approximate surface area is 110 Å². The Morgan fingerprint density at radius 2 is 1.94 bits per heavy atom. The zero-order valence-electron chi connectivity index (χ0n) is 8.40. The van der Waals surface area contributed by atoms with Crippen molar-refractivity contribution in [1.82, 2.24) is 4.31 Å². The molecule has 0 bridgehead atoms. The van der Waals surface area contributed by atoms with Gasteiger partial charge in [0.15, 0.2) is 0 Å². The SMILES string of the molecule is O=S(=O)(C1C=CC(Cl)=C(Cl)S1)N1CCCC1. The van der Waals surface area contributed by atoms with E-state index < -0.39 is 14.6 Å². The van der Waals surface area contributed by atoms with Gasteiger partial charge in [-0.1, -0.05) is 41.0 Å². The molecule has 1 atom stereocenters. The number of rotatable bonds is 2. The first-order valence-corrected chi connectivity index (χ1v) is 8.05. The molecule has 7 heteroatoms. The molecule has 0 N–H and O–H groups in total. The molecule has 0 radical (unpaired) electrons. The zero-order chi connectivity index (χ0) is 11.8. The topological polar surface area (TPSA) is 37.4 Å². The maximum absolute atomic E-state index is 12.2. The van der Waals surface area contributed by atoms with Gasteiger partial charge >= 0.3 is 0 Å². The predicted octanol–water partition coefficient (Wildman–Crippen LogP) is 2.69. The van der Waals surface area contributed by atoms with Gasteiger partial charge in [0, 0.05) is 13.1 Å². The second kappa shape index (κ2) is 4.90. The van der Waals surface area contributed by atoms with Gasteiger partial charge in [0.05, 0.1) is 9.40 Å². The molecular formula is C9H11Cl2NO2S2. The minimum atomic E-state index is -3.29. The molecule has 1 unspecified atom stereocenters. The highest BCUT2D eigenvalue weighted by Crippen LogP contribution is 2.39. The smallest absolute Gasteiger partial charge is 0.211 e. The van der Waals surface area contributed by atoms with Crippen LogP contribution in [0.25, 0.3) is 0 Å². The largest absolute Gasteiger partial charge is 0.230 e. The third-order valence-electron chi connectivity index (χ3n) is 2.53. The summed E-state index contributed by atoms with van der Waals surface area (Å²) in [5.74, 6) is 0. The van der Waals surface area contributed by atoms with E-state index >= 15 is 0 Å². The molecule has 1 fully saturated rings. The van der Waals surface area contributed by atoms with Crippen LogP contribution in [0.4, 0.5) is 0 Å². The second-order valence-corrected chi connectivity index (χ2v) is 8.13. The molecule has 0 amide bonds. The van der Waals surface area contributed by atoms with Crippen molar-refractivity contribution in [2.24, 2.45) is 0 Å². The molecule has 0 aromatic carbocycles. The highest BCUT2D eigenvalue weighted by molar-refractivity contribution is 8.16. The van der Waals surface area contributed by atoms with Crippen LogP contribution in [0, 0.1) is 0 Å². The fraction of sp³-hybridized carbons (Fsp3) is 0.556. The van der Waals surface area contributed by atoms with Gasteiger partial charge in [0.2, 0.25) is 10.0 Å². The summed E-state index contributed by atoms with van der Waals surface area (Å²) in [4.78, 5) is 0. The molecule has 0 saturated carbocycles.